The molecule has 0 aromatic heterocycles. The molecule has 3 aromatic rings. The first kappa shape index (κ1) is 23.0. The van der Waals surface area contributed by atoms with Crippen LogP contribution in [0.3, 0.4) is 0 Å². The fraction of sp³-hybridized carbons (Fsp3) is 0.286. The first-order valence-electron chi connectivity index (χ1n) is 10.9. The van der Waals surface area contributed by atoms with Crippen molar-refractivity contribution in [3.63, 3.8) is 0 Å². The maximum Gasteiger partial charge on any atom is 0.129 e. The van der Waals surface area contributed by atoms with E-state index >= 15 is 0 Å². The number of methoxy groups -OCH3 is 1. The molecule has 0 aliphatic heterocycles. The van der Waals surface area contributed by atoms with E-state index in [1.54, 1.807) is 7.11 Å². The van der Waals surface area contributed by atoms with Crippen LogP contribution in [0.4, 0.5) is 0 Å². The van der Waals surface area contributed by atoms with Gasteiger partial charge in [0.05, 0.1) is 6.04 Å². The van der Waals surface area contributed by atoms with Gasteiger partial charge in [-0.15, -0.1) is 11.5 Å². The lowest BCUT2D eigenvalue weighted by molar-refractivity contribution is 0.0631. The fourth-order valence-corrected chi connectivity index (χ4v) is 4.35. The summed E-state index contributed by atoms with van der Waals surface area (Å²) in [6.07, 6.45) is 0.655. The minimum absolute atomic E-state index is 0.00696. The molecule has 0 radical (unpaired) electrons. The highest BCUT2D eigenvalue weighted by molar-refractivity contribution is 6.83. The summed E-state index contributed by atoms with van der Waals surface area (Å²) >= 11 is 0. The number of hydrogen-bond donors (Lipinski definition) is 1. The van der Waals surface area contributed by atoms with Crippen LogP contribution in [0.1, 0.15) is 41.3 Å². The second-order valence-electron chi connectivity index (χ2n) is 8.84. The molecule has 3 aromatic carbocycles. The summed E-state index contributed by atoms with van der Waals surface area (Å²) in [5.41, 5.74) is 7.14. The molecule has 3 heteroatoms. The Morgan fingerprint density at radius 3 is 1.71 bits per heavy atom. The van der Waals surface area contributed by atoms with E-state index in [-0.39, 0.29) is 18.2 Å². The smallest absolute Gasteiger partial charge is 0.129 e. The van der Waals surface area contributed by atoms with Crippen molar-refractivity contribution in [2.24, 2.45) is 0 Å². The molecule has 2 nitrogen and oxygen atoms in total. The van der Waals surface area contributed by atoms with Crippen molar-refractivity contribution in [3.05, 3.63) is 108 Å². The predicted molar refractivity (Wildman–Crippen MR) is 133 cm³/mol. The molecular weight excluding hydrogens is 394 g/mol. The third-order valence-electron chi connectivity index (χ3n) is 5.20. The van der Waals surface area contributed by atoms with Gasteiger partial charge >= 0.3 is 0 Å². The van der Waals surface area contributed by atoms with Gasteiger partial charge in [0, 0.05) is 19.6 Å². The van der Waals surface area contributed by atoms with Crippen molar-refractivity contribution >= 4 is 8.07 Å². The molecule has 31 heavy (non-hydrogen) atoms. The van der Waals surface area contributed by atoms with Gasteiger partial charge in [0.15, 0.2) is 0 Å². The average Bonchev–Trinajstić information content (AvgIpc) is 2.79. The zero-order valence-electron chi connectivity index (χ0n) is 19.0. The Labute approximate surface area is 188 Å². The summed E-state index contributed by atoms with van der Waals surface area (Å²) in [5.74, 6) is 3.49. The zero-order valence-corrected chi connectivity index (χ0v) is 20.0. The van der Waals surface area contributed by atoms with Gasteiger partial charge in [-0.1, -0.05) is 111 Å². The lowest BCUT2D eigenvalue weighted by Gasteiger charge is -2.32. The molecule has 0 aliphatic carbocycles. The highest BCUT2D eigenvalue weighted by Crippen LogP contribution is 2.34. The highest BCUT2D eigenvalue weighted by atomic mass is 28.3. The molecule has 0 saturated heterocycles. The molecule has 0 fully saturated rings. The third-order valence-corrected chi connectivity index (χ3v) is 6.12. The van der Waals surface area contributed by atoms with Crippen LogP contribution in [0.15, 0.2) is 91.0 Å². The summed E-state index contributed by atoms with van der Waals surface area (Å²) in [4.78, 5) is 0. The normalized spacial score (nSPS) is 14.2. The van der Waals surface area contributed by atoms with Crippen molar-refractivity contribution in [1.82, 2.24) is 5.32 Å². The largest absolute Gasteiger partial charge is 0.375 e. The van der Waals surface area contributed by atoms with Gasteiger partial charge in [0.2, 0.25) is 0 Å². The summed E-state index contributed by atoms with van der Waals surface area (Å²) < 4.78 is 6.06. The van der Waals surface area contributed by atoms with Gasteiger partial charge in [-0.2, -0.15) is 0 Å². The van der Waals surface area contributed by atoms with E-state index in [4.69, 9.17) is 4.74 Å². The topological polar surface area (TPSA) is 21.3 Å². The molecule has 0 spiro atoms. The standard InChI is InChI=1S/C28H33NOSi/c1-30-28(25-19-12-7-13-20-25)27(24-17-10-6-11-18-24)29-26(21-14-22-31(2,3)4)23-15-8-5-9-16-23/h5-13,15-20,26-29H,21H2,1-4H3/t26-,27-,28+/m0/s1. The van der Waals surface area contributed by atoms with E-state index in [1.807, 2.05) is 6.07 Å². The van der Waals surface area contributed by atoms with Gasteiger partial charge in [-0.3, -0.25) is 5.32 Å². The van der Waals surface area contributed by atoms with Gasteiger partial charge < -0.3 is 4.74 Å². The third kappa shape index (κ3) is 6.94. The van der Waals surface area contributed by atoms with Crippen molar-refractivity contribution in [2.45, 2.75) is 44.2 Å². The first-order chi connectivity index (χ1) is 15.0. The van der Waals surface area contributed by atoms with Crippen LogP contribution >= 0.6 is 0 Å². The first-order valence-corrected chi connectivity index (χ1v) is 14.4. The molecule has 0 heterocycles. The Hall–Kier alpha value is -2.64. The maximum atomic E-state index is 6.06. The molecule has 160 valence electrons. The molecule has 0 aliphatic rings. The molecule has 3 atom stereocenters. The lowest BCUT2D eigenvalue weighted by atomic mass is 9.93. The molecule has 3 rings (SSSR count). The second-order valence-corrected chi connectivity index (χ2v) is 13.6. The SMILES string of the molecule is CO[C@H](c1ccccc1)[C@@H](N[C@@H](CC#C[Si](C)(C)C)c1ccccc1)c1ccccc1. The summed E-state index contributed by atoms with van der Waals surface area (Å²) in [6.45, 7) is 6.86. The molecular formula is C28H33NOSi. The Morgan fingerprint density at radius 2 is 1.23 bits per heavy atom. The number of hydrogen-bond acceptors (Lipinski definition) is 2. The predicted octanol–water partition coefficient (Wildman–Crippen LogP) is 6.72. The number of nitrogens with one attached hydrogen (secondary N) is 1. The van der Waals surface area contributed by atoms with Gasteiger partial charge in [-0.05, 0) is 16.7 Å². The lowest BCUT2D eigenvalue weighted by Crippen LogP contribution is -2.32. The number of ether oxygens (including phenoxy) is 1. The molecule has 1 N–H and O–H groups in total. The van der Waals surface area contributed by atoms with Crippen LogP contribution < -0.4 is 5.32 Å². The van der Waals surface area contributed by atoms with E-state index in [0.29, 0.717) is 0 Å². The van der Waals surface area contributed by atoms with Crippen molar-refractivity contribution < 1.29 is 4.74 Å². The van der Waals surface area contributed by atoms with Crippen molar-refractivity contribution in [3.8, 4) is 11.5 Å². The summed E-state index contributed by atoms with van der Waals surface area (Å²) in [6, 6.07) is 31.7. The van der Waals surface area contributed by atoms with Gasteiger partial charge in [0.1, 0.15) is 14.2 Å². The Morgan fingerprint density at radius 1 is 0.742 bits per heavy atom. The van der Waals surface area contributed by atoms with Crippen molar-refractivity contribution in [2.75, 3.05) is 7.11 Å². The molecule has 0 unspecified atom stereocenters. The van der Waals surface area contributed by atoms with Crippen LogP contribution in [0.2, 0.25) is 19.6 Å². The molecule has 0 bridgehead atoms. The molecule has 0 saturated carbocycles. The van der Waals surface area contributed by atoms with Crippen LogP contribution in [0.25, 0.3) is 0 Å². The van der Waals surface area contributed by atoms with Crippen molar-refractivity contribution in [1.29, 1.82) is 0 Å². The van der Waals surface area contributed by atoms with Gasteiger partial charge in [0.25, 0.3) is 0 Å². The van der Waals surface area contributed by atoms with Crippen LogP contribution in [0, 0.1) is 11.5 Å². The zero-order chi connectivity index (χ0) is 22.1. The van der Waals surface area contributed by atoms with E-state index in [9.17, 15) is 0 Å². The fourth-order valence-electron chi connectivity index (χ4n) is 3.72. The van der Waals surface area contributed by atoms with E-state index in [0.717, 1.165) is 12.0 Å². The van der Waals surface area contributed by atoms with Crippen LogP contribution in [-0.4, -0.2) is 15.2 Å². The Bertz CT molecular complexity index is 972. The van der Waals surface area contributed by atoms with E-state index < -0.39 is 8.07 Å². The summed E-state index contributed by atoms with van der Waals surface area (Å²) in [5, 5.41) is 3.91. The van der Waals surface area contributed by atoms with Gasteiger partial charge in [-0.25, -0.2) is 0 Å². The molecule has 0 amide bonds. The quantitative estimate of drug-likeness (QED) is 0.318. The number of benzene rings is 3. The minimum atomic E-state index is -1.42. The monoisotopic (exact) mass is 427 g/mol. The number of rotatable bonds is 8. The Kier molecular flexibility index (Phi) is 8.25. The highest BCUT2D eigenvalue weighted by Gasteiger charge is 2.27. The summed E-state index contributed by atoms with van der Waals surface area (Å²) in [7, 11) is 0.366. The van der Waals surface area contributed by atoms with Crippen LogP contribution in [-0.2, 0) is 4.74 Å². The minimum Gasteiger partial charge on any atom is -0.375 e. The Balaban J connectivity index is 1.98. The van der Waals surface area contributed by atoms with E-state index in [1.165, 1.54) is 11.1 Å². The average molecular weight is 428 g/mol. The second kappa shape index (κ2) is 11.1. The van der Waals surface area contributed by atoms with Crippen LogP contribution in [0.5, 0.6) is 0 Å². The maximum absolute atomic E-state index is 6.06. The van der Waals surface area contributed by atoms with E-state index in [2.05, 4.69) is 121 Å².